The van der Waals surface area contributed by atoms with E-state index in [2.05, 4.69) is 20.9 Å². The second-order valence-corrected chi connectivity index (χ2v) is 9.56. The third-order valence-corrected chi connectivity index (χ3v) is 6.36. The SMILES string of the molecule is CSCCC(N)C(=O)NC(CCC(=O)O)C(=O)NC(C)C(=O)NC(Cc1c[nH]c2ccccc12)C(=O)O. The number of carbonyl (C=O) groups is 5. The van der Waals surface area contributed by atoms with E-state index in [1.165, 1.54) is 18.7 Å². The summed E-state index contributed by atoms with van der Waals surface area (Å²) in [4.78, 5) is 63.8. The number of amides is 3. The fraction of sp³-hybridized carbons (Fsp3) is 0.458. The molecule has 1 heterocycles. The Morgan fingerprint density at radius 1 is 0.973 bits per heavy atom. The van der Waals surface area contributed by atoms with Crippen molar-refractivity contribution in [3.63, 3.8) is 0 Å². The summed E-state index contributed by atoms with van der Waals surface area (Å²) in [6.07, 6.45) is 3.30. The normalized spacial score (nSPS) is 14.2. The molecule has 0 aliphatic carbocycles. The van der Waals surface area contributed by atoms with Crippen molar-refractivity contribution < 1.29 is 34.2 Å². The summed E-state index contributed by atoms with van der Waals surface area (Å²) in [7, 11) is 0. The van der Waals surface area contributed by atoms with E-state index >= 15 is 0 Å². The number of nitrogens with two attached hydrogens (primary N) is 1. The molecule has 0 saturated heterocycles. The van der Waals surface area contributed by atoms with Gasteiger partial charge < -0.3 is 36.9 Å². The van der Waals surface area contributed by atoms with Crippen LogP contribution in [-0.4, -0.2) is 81.0 Å². The van der Waals surface area contributed by atoms with Gasteiger partial charge in [0.15, 0.2) is 0 Å². The Morgan fingerprint density at radius 3 is 2.30 bits per heavy atom. The monoisotopic (exact) mass is 535 g/mol. The molecule has 8 N–H and O–H groups in total. The molecule has 0 saturated carbocycles. The third-order valence-electron chi connectivity index (χ3n) is 5.72. The van der Waals surface area contributed by atoms with Crippen molar-refractivity contribution in [3.8, 4) is 0 Å². The number of hydrogen-bond donors (Lipinski definition) is 7. The molecular formula is C24H33N5O7S. The molecule has 2 aromatic rings. The van der Waals surface area contributed by atoms with Crippen molar-refractivity contribution in [1.29, 1.82) is 0 Å². The number of aromatic amines is 1. The van der Waals surface area contributed by atoms with Gasteiger partial charge in [-0.05, 0) is 43.4 Å². The zero-order valence-electron chi connectivity index (χ0n) is 20.7. The van der Waals surface area contributed by atoms with Gasteiger partial charge in [0.05, 0.1) is 6.04 Å². The molecule has 0 bridgehead atoms. The number of para-hydroxylation sites is 1. The van der Waals surface area contributed by atoms with Gasteiger partial charge in [-0.15, -0.1) is 0 Å². The van der Waals surface area contributed by atoms with Crippen molar-refractivity contribution in [2.24, 2.45) is 5.73 Å². The number of hydrogen-bond acceptors (Lipinski definition) is 7. The quantitative estimate of drug-likeness (QED) is 0.166. The molecule has 0 fully saturated rings. The molecule has 37 heavy (non-hydrogen) atoms. The van der Waals surface area contributed by atoms with Crippen molar-refractivity contribution in [2.75, 3.05) is 12.0 Å². The average molecular weight is 536 g/mol. The molecule has 0 spiro atoms. The summed E-state index contributed by atoms with van der Waals surface area (Å²) < 4.78 is 0. The Balaban J connectivity index is 2.03. The van der Waals surface area contributed by atoms with Gasteiger partial charge in [-0.25, -0.2) is 4.79 Å². The lowest BCUT2D eigenvalue weighted by molar-refractivity contribution is -0.142. The number of carboxylic acid groups (broad SMARTS) is 2. The zero-order valence-corrected chi connectivity index (χ0v) is 21.5. The first-order chi connectivity index (χ1) is 17.5. The van der Waals surface area contributed by atoms with Crippen LogP contribution in [0.15, 0.2) is 30.5 Å². The number of H-pyrrole nitrogens is 1. The highest BCUT2D eigenvalue weighted by molar-refractivity contribution is 7.98. The summed E-state index contributed by atoms with van der Waals surface area (Å²) in [5.74, 6) is -3.92. The zero-order chi connectivity index (χ0) is 27.5. The first-order valence-corrected chi connectivity index (χ1v) is 13.1. The molecule has 4 unspecified atom stereocenters. The van der Waals surface area contributed by atoms with Gasteiger partial charge in [0.25, 0.3) is 0 Å². The van der Waals surface area contributed by atoms with E-state index in [1.54, 1.807) is 6.20 Å². The van der Waals surface area contributed by atoms with Gasteiger partial charge in [-0.3, -0.25) is 19.2 Å². The van der Waals surface area contributed by atoms with Crippen molar-refractivity contribution >= 4 is 52.3 Å². The number of fused-ring (bicyclic) bond motifs is 1. The topological polar surface area (TPSA) is 204 Å². The Hall–Kier alpha value is -3.58. The molecule has 13 heteroatoms. The van der Waals surface area contributed by atoms with Crippen molar-refractivity contribution in [3.05, 3.63) is 36.0 Å². The molecule has 0 aliphatic rings. The Morgan fingerprint density at radius 2 is 1.65 bits per heavy atom. The number of aromatic nitrogens is 1. The number of thioether (sulfide) groups is 1. The lowest BCUT2D eigenvalue weighted by atomic mass is 10.0. The third kappa shape index (κ3) is 9.10. The first kappa shape index (κ1) is 29.6. The van der Waals surface area contributed by atoms with Gasteiger partial charge >= 0.3 is 11.9 Å². The van der Waals surface area contributed by atoms with Gasteiger partial charge in [-0.1, -0.05) is 18.2 Å². The van der Waals surface area contributed by atoms with Crippen LogP contribution in [0.5, 0.6) is 0 Å². The van der Waals surface area contributed by atoms with E-state index in [4.69, 9.17) is 10.8 Å². The van der Waals surface area contributed by atoms with Crippen LogP contribution >= 0.6 is 11.8 Å². The Kier molecular flexibility index (Phi) is 11.4. The number of benzene rings is 1. The minimum Gasteiger partial charge on any atom is -0.481 e. The van der Waals surface area contributed by atoms with E-state index in [1.807, 2.05) is 30.5 Å². The van der Waals surface area contributed by atoms with Crippen LogP contribution in [0.4, 0.5) is 0 Å². The molecule has 0 aliphatic heterocycles. The van der Waals surface area contributed by atoms with Crippen LogP contribution in [-0.2, 0) is 30.4 Å². The van der Waals surface area contributed by atoms with E-state index in [9.17, 15) is 29.1 Å². The lowest BCUT2D eigenvalue weighted by Gasteiger charge is -2.23. The average Bonchev–Trinajstić information content (AvgIpc) is 3.26. The minimum absolute atomic E-state index is 0.0109. The standard InChI is InChI=1S/C24H33N5O7S/c1-13(27-23(34)18(7-8-20(30)31)28-22(33)16(25)9-10-37-2)21(32)29-19(24(35)36)11-14-12-26-17-6-4-3-5-15(14)17/h3-6,12-13,16,18-19,26H,7-11,25H2,1-2H3,(H,27,34)(H,28,33)(H,29,32)(H,30,31)(H,35,36). The maximum absolute atomic E-state index is 12.8. The van der Waals surface area contributed by atoms with E-state index in [0.717, 1.165) is 10.9 Å². The second kappa shape index (κ2) is 14.2. The number of aliphatic carboxylic acids is 2. The second-order valence-electron chi connectivity index (χ2n) is 8.57. The summed E-state index contributed by atoms with van der Waals surface area (Å²) in [5, 5.41) is 26.8. The summed E-state index contributed by atoms with van der Waals surface area (Å²) in [5.41, 5.74) is 7.37. The van der Waals surface area contributed by atoms with Crippen molar-refractivity contribution in [1.82, 2.24) is 20.9 Å². The molecule has 2 rings (SSSR count). The van der Waals surface area contributed by atoms with E-state index in [0.29, 0.717) is 17.7 Å². The molecule has 0 radical (unpaired) electrons. The van der Waals surface area contributed by atoms with Crippen LogP contribution in [0.2, 0.25) is 0 Å². The summed E-state index contributed by atoms with van der Waals surface area (Å²) >= 11 is 1.50. The van der Waals surface area contributed by atoms with Crippen LogP contribution in [0.3, 0.4) is 0 Å². The smallest absolute Gasteiger partial charge is 0.326 e. The van der Waals surface area contributed by atoms with Crippen LogP contribution in [0, 0.1) is 0 Å². The highest BCUT2D eigenvalue weighted by Gasteiger charge is 2.29. The van der Waals surface area contributed by atoms with Gasteiger partial charge in [0.2, 0.25) is 17.7 Å². The van der Waals surface area contributed by atoms with Crippen LogP contribution < -0.4 is 21.7 Å². The van der Waals surface area contributed by atoms with Crippen molar-refractivity contribution in [2.45, 2.75) is 56.8 Å². The van der Waals surface area contributed by atoms with Crippen LogP contribution in [0.1, 0.15) is 31.7 Å². The largest absolute Gasteiger partial charge is 0.481 e. The number of rotatable bonds is 15. The Labute approximate surface area is 218 Å². The van der Waals surface area contributed by atoms with Gasteiger partial charge in [0, 0.05) is 29.9 Å². The molecule has 3 amide bonds. The predicted octanol–water partition coefficient (Wildman–Crippen LogP) is 0.215. The number of carbonyl (C=O) groups excluding carboxylic acids is 3. The fourth-order valence-electron chi connectivity index (χ4n) is 3.59. The number of nitrogens with one attached hydrogen (secondary N) is 4. The van der Waals surface area contributed by atoms with E-state index < -0.39 is 60.2 Å². The Bertz CT molecular complexity index is 1120. The molecule has 1 aromatic heterocycles. The molecular weight excluding hydrogens is 502 g/mol. The molecule has 12 nitrogen and oxygen atoms in total. The fourth-order valence-corrected chi connectivity index (χ4v) is 4.08. The molecule has 1 aromatic carbocycles. The summed E-state index contributed by atoms with van der Waals surface area (Å²) in [6, 6.07) is 2.81. The molecule has 4 atom stereocenters. The lowest BCUT2D eigenvalue weighted by Crippen LogP contribution is -2.56. The highest BCUT2D eigenvalue weighted by Crippen LogP contribution is 2.19. The van der Waals surface area contributed by atoms with Gasteiger partial charge in [-0.2, -0.15) is 11.8 Å². The van der Waals surface area contributed by atoms with E-state index in [-0.39, 0.29) is 12.8 Å². The predicted molar refractivity (Wildman–Crippen MR) is 139 cm³/mol. The maximum Gasteiger partial charge on any atom is 0.326 e. The van der Waals surface area contributed by atoms with Crippen LogP contribution in [0.25, 0.3) is 10.9 Å². The maximum atomic E-state index is 12.8. The molecule has 202 valence electrons. The highest BCUT2D eigenvalue weighted by atomic mass is 32.2. The van der Waals surface area contributed by atoms with Gasteiger partial charge in [0.1, 0.15) is 18.1 Å². The minimum atomic E-state index is -1.26. The summed E-state index contributed by atoms with van der Waals surface area (Å²) in [6.45, 7) is 1.36. The number of carboxylic acids is 2. The first-order valence-electron chi connectivity index (χ1n) is 11.7.